The van der Waals surface area contributed by atoms with Gasteiger partial charge in [-0.2, -0.15) is 0 Å². The third-order valence-corrected chi connectivity index (χ3v) is 7.69. The smallest absolute Gasteiger partial charge is 0.0603 e. The van der Waals surface area contributed by atoms with Crippen LogP contribution in [0.3, 0.4) is 0 Å². The number of nitrogens with zero attached hydrogens (tertiary/aromatic N) is 4. The molecule has 0 atom stereocenters. The van der Waals surface area contributed by atoms with Gasteiger partial charge in [-0.15, -0.1) is 0 Å². The molecule has 2 aromatic heterocycles. The molecule has 39 heavy (non-hydrogen) atoms. The number of hydrogen-bond acceptors (Lipinski definition) is 2. The van der Waals surface area contributed by atoms with Crippen LogP contribution in [0.15, 0.2) is 59.0 Å². The Balaban J connectivity index is 1.47. The largest absolute Gasteiger partial charge is 0.354 e. The first-order valence-electron chi connectivity index (χ1n) is 16.6. The second-order valence-corrected chi connectivity index (χ2v) is 11.4. The molecule has 0 unspecified atom stereocenters. The molecule has 0 saturated carbocycles. The van der Waals surface area contributed by atoms with E-state index in [9.17, 15) is 0 Å². The van der Waals surface area contributed by atoms with Gasteiger partial charge in [0, 0.05) is 51.0 Å². The SMILES string of the molecule is CCCCCCCCCN=c1ccn(CCCCCCCn2ccc(=NCCCCCCCCC)cc2)cc1. The Morgan fingerprint density at radius 2 is 0.718 bits per heavy atom. The molecule has 0 saturated heterocycles. The summed E-state index contributed by atoms with van der Waals surface area (Å²) in [5.41, 5.74) is 0. The quantitative estimate of drug-likeness (QED) is 0.120. The Kier molecular flexibility index (Phi) is 20.2. The summed E-state index contributed by atoms with van der Waals surface area (Å²) < 4.78 is 4.62. The number of rotatable bonds is 24. The molecular weight excluding hydrogens is 476 g/mol. The van der Waals surface area contributed by atoms with Gasteiger partial charge >= 0.3 is 0 Å². The fraction of sp³-hybridized carbons (Fsp3) is 0.714. The Bertz CT molecular complexity index is 837. The average Bonchev–Trinajstić information content (AvgIpc) is 2.97. The Labute approximate surface area is 240 Å². The maximum Gasteiger partial charge on any atom is 0.0603 e. The first-order valence-corrected chi connectivity index (χ1v) is 16.6. The van der Waals surface area contributed by atoms with Crippen LogP contribution < -0.4 is 10.7 Å². The van der Waals surface area contributed by atoms with E-state index in [1.54, 1.807) is 0 Å². The van der Waals surface area contributed by atoms with Crippen molar-refractivity contribution < 1.29 is 0 Å². The number of unbranched alkanes of at least 4 members (excludes halogenated alkanes) is 16. The van der Waals surface area contributed by atoms with Crippen LogP contribution in [0.4, 0.5) is 0 Å². The lowest BCUT2D eigenvalue weighted by molar-refractivity contribution is 0.533. The van der Waals surface area contributed by atoms with Gasteiger partial charge in [0.2, 0.25) is 0 Å². The second-order valence-electron chi connectivity index (χ2n) is 11.4. The third-order valence-electron chi connectivity index (χ3n) is 7.69. The molecule has 0 aliphatic rings. The summed E-state index contributed by atoms with van der Waals surface area (Å²) in [6.45, 7) is 8.70. The standard InChI is InChI=1S/C35H60N4/c1-3-5-7-9-11-14-18-26-36-34-22-30-38(31-23-34)28-20-16-13-17-21-29-39-32-24-35(25-33-39)37-27-19-15-12-10-8-6-4-2/h22-25,30-33H,3-21,26-29H2,1-2H3. The number of hydrogen-bond donors (Lipinski definition) is 0. The van der Waals surface area contributed by atoms with Gasteiger partial charge in [-0.1, -0.05) is 110 Å². The number of aromatic nitrogens is 2. The molecule has 0 N–H and O–H groups in total. The molecule has 0 aromatic carbocycles. The zero-order valence-electron chi connectivity index (χ0n) is 25.7. The van der Waals surface area contributed by atoms with E-state index in [2.05, 4.69) is 72.0 Å². The molecule has 220 valence electrons. The minimum Gasteiger partial charge on any atom is -0.354 e. The highest BCUT2D eigenvalue weighted by Crippen LogP contribution is 2.08. The van der Waals surface area contributed by atoms with Crippen LogP contribution in [0.25, 0.3) is 0 Å². The van der Waals surface area contributed by atoms with Crippen molar-refractivity contribution in [2.24, 2.45) is 9.98 Å². The van der Waals surface area contributed by atoms with Crippen molar-refractivity contribution in [2.45, 2.75) is 149 Å². The van der Waals surface area contributed by atoms with Gasteiger partial charge in [-0.3, -0.25) is 9.98 Å². The maximum atomic E-state index is 4.75. The van der Waals surface area contributed by atoms with Crippen molar-refractivity contribution in [1.29, 1.82) is 0 Å². The molecule has 4 heteroatoms. The summed E-state index contributed by atoms with van der Waals surface area (Å²) in [4.78, 5) is 9.50. The van der Waals surface area contributed by atoms with E-state index < -0.39 is 0 Å². The van der Waals surface area contributed by atoms with E-state index >= 15 is 0 Å². The van der Waals surface area contributed by atoms with Crippen molar-refractivity contribution in [3.8, 4) is 0 Å². The second kappa shape index (κ2) is 23.8. The fourth-order valence-corrected chi connectivity index (χ4v) is 5.08. The Hall–Kier alpha value is -2.10. The van der Waals surface area contributed by atoms with Crippen LogP contribution in [0.5, 0.6) is 0 Å². The molecule has 2 aromatic rings. The molecular formula is C35H60N4. The molecule has 0 radical (unpaired) electrons. The highest BCUT2D eigenvalue weighted by atomic mass is 14.9. The van der Waals surface area contributed by atoms with Gasteiger partial charge in [0.15, 0.2) is 0 Å². The predicted molar refractivity (Wildman–Crippen MR) is 169 cm³/mol. The van der Waals surface area contributed by atoms with Crippen molar-refractivity contribution in [1.82, 2.24) is 9.13 Å². The van der Waals surface area contributed by atoms with Gasteiger partial charge < -0.3 is 9.13 Å². The lowest BCUT2D eigenvalue weighted by atomic mass is 10.1. The summed E-state index contributed by atoms with van der Waals surface area (Å²) in [5, 5.41) is 2.26. The summed E-state index contributed by atoms with van der Waals surface area (Å²) in [6.07, 6.45) is 34.1. The van der Waals surface area contributed by atoms with E-state index in [1.165, 1.54) is 122 Å². The molecule has 0 spiro atoms. The van der Waals surface area contributed by atoms with Gasteiger partial charge in [0.05, 0.1) is 10.7 Å². The van der Waals surface area contributed by atoms with Crippen LogP contribution in [0.2, 0.25) is 0 Å². The molecule has 4 nitrogen and oxygen atoms in total. The highest BCUT2D eigenvalue weighted by molar-refractivity contribution is 4.94. The molecule has 0 amide bonds. The monoisotopic (exact) mass is 536 g/mol. The summed E-state index contributed by atoms with van der Waals surface area (Å²) in [5.74, 6) is 0. The van der Waals surface area contributed by atoms with Crippen LogP contribution in [0, 0.1) is 0 Å². The van der Waals surface area contributed by atoms with Crippen molar-refractivity contribution in [3.05, 3.63) is 59.8 Å². The zero-order valence-corrected chi connectivity index (χ0v) is 25.7. The summed E-state index contributed by atoms with van der Waals surface area (Å²) in [7, 11) is 0. The van der Waals surface area contributed by atoms with Gasteiger partial charge in [0.25, 0.3) is 0 Å². The van der Waals surface area contributed by atoms with Crippen LogP contribution >= 0.6 is 0 Å². The van der Waals surface area contributed by atoms with Crippen LogP contribution in [0.1, 0.15) is 136 Å². The molecule has 0 aliphatic heterocycles. The summed E-state index contributed by atoms with van der Waals surface area (Å²) in [6, 6.07) is 8.69. The van der Waals surface area contributed by atoms with Gasteiger partial charge in [-0.25, -0.2) is 0 Å². The minimum atomic E-state index is 0.967. The molecule has 0 bridgehead atoms. The first kappa shape index (κ1) is 33.1. The highest BCUT2D eigenvalue weighted by Gasteiger charge is 1.95. The van der Waals surface area contributed by atoms with Crippen molar-refractivity contribution >= 4 is 0 Å². The van der Waals surface area contributed by atoms with E-state index in [-0.39, 0.29) is 0 Å². The maximum absolute atomic E-state index is 4.75. The van der Waals surface area contributed by atoms with Crippen LogP contribution in [-0.2, 0) is 13.1 Å². The van der Waals surface area contributed by atoms with Gasteiger partial charge in [0.1, 0.15) is 0 Å². The van der Waals surface area contributed by atoms with Gasteiger partial charge in [-0.05, 0) is 49.9 Å². The van der Waals surface area contributed by atoms with Crippen LogP contribution in [-0.4, -0.2) is 22.2 Å². The average molecular weight is 537 g/mol. The van der Waals surface area contributed by atoms with Crippen molar-refractivity contribution in [2.75, 3.05) is 13.1 Å². The molecule has 0 aliphatic carbocycles. The lowest BCUT2D eigenvalue weighted by Gasteiger charge is -2.07. The normalized spacial score (nSPS) is 11.1. The van der Waals surface area contributed by atoms with E-state index in [1.807, 2.05) is 0 Å². The van der Waals surface area contributed by atoms with E-state index in [0.29, 0.717) is 0 Å². The third kappa shape index (κ3) is 18.0. The molecule has 0 fully saturated rings. The minimum absolute atomic E-state index is 0.967. The number of pyridine rings is 2. The first-order chi connectivity index (χ1) is 19.3. The summed E-state index contributed by atoms with van der Waals surface area (Å²) >= 11 is 0. The molecule has 2 rings (SSSR count). The fourth-order valence-electron chi connectivity index (χ4n) is 5.08. The zero-order chi connectivity index (χ0) is 27.6. The van der Waals surface area contributed by atoms with E-state index in [0.717, 1.165) is 36.9 Å². The Morgan fingerprint density at radius 1 is 0.410 bits per heavy atom. The molecule has 2 heterocycles. The Morgan fingerprint density at radius 3 is 1.08 bits per heavy atom. The predicted octanol–water partition coefficient (Wildman–Crippen LogP) is 9.24. The van der Waals surface area contributed by atoms with Crippen molar-refractivity contribution in [3.63, 3.8) is 0 Å². The topological polar surface area (TPSA) is 34.6 Å². The van der Waals surface area contributed by atoms with E-state index in [4.69, 9.17) is 9.98 Å². The lowest BCUT2D eigenvalue weighted by Crippen LogP contribution is -2.07. The number of aryl methyl sites for hydroxylation is 2.